The first-order valence-electron chi connectivity index (χ1n) is 4.54. The maximum Gasteiger partial charge on any atom is 0.161 e. The Morgan fingerprint density at radius 3 is 2.46 bits per heavy atom. The van der Waals surface area contributed by atoms with Crippen LogP contribution < -0.4 is 0 Å². The van der Waals surface area contributed by atoms with Crippen LogP contribution in [0.5, 0.6) is 0 Å². The lowest BCUT2D eigenvalue weighted by Crippen LogP contribution is -2.03. The van der Waals surface area contributed by atoms with Gasteiger partial charge in [0.05, 0.1) is 0 Å². The number of carbonyl (C=O) groups excluding carboxylic acids is 1. The summed E-state index contributed by atoms with van der Waals surface area (Å²) >= 11 is 0. The van der Waals surface area contributed by atoms with Crippen molar-refractivity contribution in [1.29, 1.82) is 0 Å². The van der Waals surface area contributed by atoms with Gasteiger partial charge in [0.1, 0.15) is 0 Å². The van der Waals surface area contributed by atoms with Crippen LogP contribution in [0.1, 0.15) is 41.2 Å². The highest BCUT2D eigenvalue weighted by atomic mass is 16.1. The zero-order chi connectivity index (χ0) is 10.0. The van der Waals surface area contributed by atoms with Gasteiger partial charge in [-0.25, -0.2) is 0 Å². The first kappa shape index (κ1) is 9.90. The van der Waals surface area contributed by atoms with Crippen LogP contribution >= 0.6 is 0 Å². The van der Waals surface area contributed by atoms with Crippen LogP contribution in [-0.2, 0) is 6.42 Å². The van der Waals surface area contributed by atoms with Crippen molar-refractivity contribution in [1.82, 2.24) is 4.98 Å². The number of aryl methyl sites for hydroxylation is 3. The number of nitrogens with zero attached hydrogens (tertiary/aromatic N) is 1. The third kappa shape index (κ3) is 1.94. The molecule has 0 bridgehead atoms. The molecule has 13 heavy (non-hydrogen) atoms. The van der Waals surface area contributed by atoms with Crippen LogP contribution in [0, 0.1) is 13.8 Å². The number of carbonyl (C=O) groups is 1. The molecule has 0 radical (unpaired) electrons. The monoisotopic (exact) mass is 177 g/mol. The van der Waals surface area contributed by atoms with Crippen LogP contribution in [0.15, 0.2) is 6.07 Å². The molecular weight excluding hydrogens is 162 g/mol. The first-order chi connectivity index (χ1) is 6.06. The quantitative estimate of drug-likeness (QED) is 0.649. The second-order valence-corrected chi connectivity index (χ2v) is 3.28. The van der Waals surface area contributed by atoms with E-state index in [1.165, 1.54) is 0 Å². The van der Waals surface area contributed by atoms with Gasteiger partial charge < -0.3 is 0 Å². The molecule has 1 aromatic rings. The third-order valence-electron chi connectivity index (χ3n) is 2.27. The van der Waals surface area contributed by atoms with E-state index in [0.29, 0.717) is 0 Å². The standard InChI is InChI=1S/C11H15NO/c1-5-10-6-11(9(4)13)8(3)12-7(10)2/h6H,5H2,1-4H3. The Kier molecular flexibility index (Phi) is 2.81. The van der Waals surface area contributed by atoms with Gasteiger partial charge in [0.2, 0.25) is 0 Å². The molecule has 70 valence electrons. The highest BCUT2D eigenvalue weighted by Gasteiger charge is 2.07. The molecule has 1 heterocycles. The number of Topliss-reactive ketones (excluding diaryl/α,β-unsaturated/α-hetero) is 1. The van der Waals surface area contributed by atoms with Crippen LogP contribution in [-0.4, -0.2) is 10.8 Å². The minimum atomic E-state index is 0.0969. The van der Waals surface area contributed by atoms with Crippen molar-refractivity contribution in [2.75, 3.05) is 0 Å². The van der Waals surface area contributed by atoms with Gasteiger partial charge in [-0.15, -0.1) is 0 Å². The second-order valence-electron chi connectivity index (χ2n) is 3.28. The van der Waals surface area contributed by atoms with Crippen LogP contribution in [0.4, 0.5) is 0 Å². The van der Waals surface area contributed by atoms with E-state index >= 15 is 0 Å². The topological polar surface area (TPSA) is 30.0 Å². The third-order valence-corrected chi connectivity index (χ3v) is 2.27. The lowest BCUT2D eigenvalue weighted by atomic mass is 10.0. The maximum atomic E-state index is 11.2. The number of rotatable bonds is 2. The Labute approximate surface area is 79.0 Å². The van der Waals surface area contributed by atoms with E-state index in [0.717, 1.165) is 28.9 Å². The zero-order valence-corrected chi connectivity index (χ0v) is 8.64. The Balaban J connectivity index is 3.30. The summed E-state index contributed by atoms with van der Waals surface area (Å²) in [5, 5.41) is 0. The highest BCUT2D eigenvalue weighted by molar-refractivity contribution is 5.95. The van der Waals surface area contributed by atoms with Crippen LogP contribution in [0.25, 0.3) is 0 Å². The van der Waals surface area contributed by atoms with Gasteiger partial charge in [0, 0.05) is 17.0 Å². The van der Waals surface area contributed by atoms with Crippen molar-refractivity contribution in [3.05, 3.63) is 28.6 Å². The van der Waals surface area contributed by atoms with Crippen LogP contribution in [0.2, 0.25) is 0 Å². The van der Waals surface area contributed by atoms with Gasteiger partial charge in [0.15, 0.2) is 5.78 Å². The minimum Gasteiger partial charge on any atom is -0.294 e. The Hall–Kier alpha value is -1.18. The Morgan fingerprint density at radius 1 is 1.38 bits per heavy atom. The van der Waals surface area contributed by atoms with Crippen molar-refractivity contribution < 1.29 is 4.79 Å². The minimum absolute atomic E-state index is 0.0969. The fourth-order valence-corrected chi connectivity index (χ4v) is 1.48. The predicted molar refractivity (Wildman–Crippen MR) is 53.1 cm³/mol. The smallest absolute Gasteiger partial charge is 0.161 e. The molecule has 0 unspecified atom stereocenters. The van der Waals surface area contributed by atoms with Crippen molar-refractivity contribution in [3.8, 4) is 0 Å². The van der Waals surface area contributed by atoms with Gasteiger partial charge in [-0.2, -0.15) is 0 Å². The fraction of sp³-hybridized carbons (Fsp3) is 0.455. The summed E-state index contributed by atoms with van der Waals surface area (Å²) in [5.74, 6) is 0.0969. The molecule has 0 amide bonds. The lowest BCUT2D eigenvalue weighted by Gasteiger charge is -2.07. The van der Waals surface area contributed by atoms with Crippen molar-refractivity contribution >= 4 is 5.78 Å². The van der Waals surface area contributed by atoms with E-state index in [1.54, 1.807) is 6.92 Å². The van der Waals surface area contributed by atoms with E-state index in [1.807, 2.05) is 19.9 Å². The van der Waals surface area contributed by atoms with Crippen molar-refractivity contribution in [2.24, 2.45) is 0 Å². The van der Waals surface area contributed by atoms with Gasteiger partial charge in [-0.1, -0.05) is 6.92 Å². The molecule has 0 aliphatic carbocycles. The van der Waals surface area contributed by atoms with E-state index in [9.17, 15) is 4.79 Å². The fourth-order valence-electron chi connectivity index (χ4n) is 1.48. The maximum absolute atomic E-state index is 11.2. The molecule has 0 fully saturated rings. The molecule has 2 nitrogen and oxygen atoms in total. The summed E-state index contributed by atoms with van der Waals surface area (Å²) in [6, 6.07) is 1.96. The zero-order valence-electron chi connectivity index (χ0n) is 8.64. The SMILES string of the molecule is CCc1cc(C(C)=O)c(C)nc1C. The number of hydrogen-bond donors (Lipinski definition) is 0. The normalized spacial score (nSPS) is 10.2. The van der Waals surface area contributed by atoms with Gasteiger partial charge in [-0.05, 0) is 38.8 Å². The Bertz CT molecular complexity index is 342. The summed E-state index contributed by atoms with van der Waals surface area (Å²) in [6.07, 6.45) is 0.930. The second kappa shape index (κ2) is 3.69. The molecule has 1 rings (SSSR count). The molecule has 1 aromatic heterocycles. The molecule has 0 aliphatic heterocycles. The van der Waals surface area contributed by atoms with E-state index < -0.39 is 0 Å². The summed E-state index contributed by atoms with van der Waals surface area (Å²) < 4.78 is 0. The average molecular weight is 177 g/mol. The number of pyridine rings is 1. The average Bonchev–Trinajstić information content (AvgIpc) is 2.03. The molecule has 0 saturated heterocycles. The summed E-state index contributed by atoms with van der Waals surface area (Å²) in [4.78, 5) is 15.6. The first-order valence-corrected chi connectivity index (χ1v) is 4.54. The van der Waals surface area contributed by atoms with Crippen molar-refractivity contribution in [3.63, 3.8) is 0 Å². The molecule has 0 aliphatic rings. The molecule has 0 aromatic carbocycles. The van der Waals surface area contributed by atoms with E-state index in [2.05, 4.69) is 11.9 Å². The largest absolute Gasteiger partial charge is 0.294 e. The Morgan fingerprint density at radius 2 is 2.00 bits per heavy atom. The molecule has 0 spiro atoms. The number of aromatic nitrogens is 1. The highest BCUT2D eigenvalue weighted by Crippen LogP contribution is 2.13. The summed E-state index contributed by atoms with van der Waals surface area (Å²) in [5.41, 5.74) is 3.78. The van der Waals surface area contributed by atoms with E-state index in [-0.39, 0.29) is 5.78 Å². The van der Waals surface area contributed by atoms with Gasteiger partial charge >= 0.3 is 0 Å². The predicted octanol–water partition coefficient (Wildman–Crippen LogP) is 2.46. The number of hydrogen-bond acceptors (Lipinski definition) is 2. The summed E-state index contributed by atoms with van der Waals surface area (Å²) in [7, 11) is 0. The van der Waals surface area contributed by atoms with E-state index in [4.69, 9.17) is 0 Å². The lowest BCUT2D eigenvalue weighted by molar-refractivity contribution is 0.101. The summed E-state index contributed by atoms with van der Waals surface area (Å²) in [6.45, 7) is 7.51. The molecule has 2 heteroatoms. The molecule has 0 atom stereocenters. The number of ketones is 1. The van der Waals surface area contributed by atoms with Gasteiger partial charge in [0.25, 0.3) is 0 Å². The van der Waals surface area contributed by atoms with Crippen molar-refractivity contribution in [2.45, 2.75) is 34.1 Å². The molecular formula is C11H15NO. The molecule has 0 saturated carbocycles. The molecule has 0 N–H and O–H groups in total. The van der Waals surface area contributed by atoms with Gasteiger partial charge in [-0.3, -0.25) is 9.78 Å². The van der Waals surface area contributed by atoms with Crippen LogP contribution in [0.3, 0.4) is 0 Å².